The maximum atomic E-state index is 11.1. The fourth-order valence-electron chi connectivity index (χ4n) is 2.36. The molecule has 16 heavy (non-hydrogen) atoms. The molecule has 1 atom stereocenters. The van der Waals surface area contributed by atoms with Crippen LogP contribution in [0.3, 0.4) is 0 Å². The number of hydrogen-bond donors (Lipinski definition) is 2. The van der Waals surface area contributed by atoms with Crippen molar-refractivity contribution in [2.75, 3.05) is 0 Å². The van der Waals surface area contributed by atoms with Crippen LogP contribution < -0.4 is 5.32 Å². The molecule has 1 unspecified atom stereocenters. The first-order valence-corrected chi connectivity index (χ1v) is 5.82. The van der Waals surface area contributed by atoms with Gasteiger partial charge >= 0.3 is 5.97 Å². The summed E-state index contributed by atoms with van der Waals surface area (Å²) >= 11 is 0. The van der Waals surface area contributed by atoms with Crippen LogP contribution in [0.25, 0.3) is 0 Å². The topological polar surface area (TPSA) is 66.4 Å². The number of amides is 1. The molecule has 0 aliphatic heterocycles. The summed E-state index contributed by atoms with van der Waals surface area (Å²) in [5, 5.41) is 11.6. The summed E-state index contributed by atoms with van der Waals surface area (Å²) in [4.78, 5) is 22.0. The second-order valence-corrected chi connectivity index (χ2v) is 5.52. The van der Waals surface area contributed by atoms with Gasteiger partial charge in [0.1, 0.15) is 6.04 Å². The van der Waals surface area contributed by atoms with Gasteiger partial charge in [0.25, 0.3) is 0 Å². The third-order valence-corrected chi connectivity index (χ3v) is 3.48. The van der Waals surface area contributed by atoms with Gasteiger partial charge in [-0.2, -0.15) is 0 Å². The summed E-state index contributed by atoms with van der Waals surface area (Å²) in [7, 11) is 0. The molecule has 0 aromatic rings. The zero-order valence-corrected chi connectivity index (χ0v) is 10.2. The highest BCUT2D eigenvalue weighted by molar-refractivity contribution is 5.82. The van der Waals surface area contributed by atoms with Gasteiger partial charge in [-0.15, -0.1) is 0 Å². The monoisotopic (exact) mass is 227 g/mol. The highest BCUT2D eigenvalue weighted by Crippen LogP contribution is 2.39. The predicted octanol–water partition coefficient (Wildman–Crippen LogP) is 1.79. The standard InChI is InChI=1S/C12H21NO3/c1-8(14)13-10(11(15)16)9-4-6-12(2,3)7-5-9/h9-10H,4-7H2,1-3H3,(H,13,14)(H,15,16). The lowest BCUT2D eigenvalue weighted by molar-refractivity contribution is -0.143. The number of rotatable bonds is 3. The molecule has 0 radical (unpaired) electrons. The fourth-order valence-corrected chi connectivity index (χ4v) is 2.36. The van der Waals surface area contributed by atoms with Crippen molar-refractivity contribution in [2.45, 2.75) is 52.5 Å². The van der Waals surface area contributed by atoms with Crippen LogP contribution in [0.4, 0.5) is 0 Å². The minimum atomic E-state index is -0.917. The van der Waals surface area contributed by atoms with Crippen molar-refractivity contribution in [1.29, 1.82) is 0 Å². The van der Waals surface area contributed by atoms with Crippen LogP contribution in [0, 0.1) is 11.3 Å². The highest BCUT2D eigenvalue weighted by atomic mass is 16.4. The second kappa shape index (κ2) is 4.85. The number of hydrogen-bond acceptors (Lipinski definition) is 2. The highest BCUT2D eigenvalue weighted by Gasteiger charge is 2.35. The molecule has 1 amide bonds. The molecule has 1 saturated carbocycles. The van der Waals surface area contributed by atoms with Gasteiger partial charge in [0.05, 0.1) is 0 Å². The second-order valence-electron chi connectivity index (χ2n) is 5.52. The molecular formula is C12H21NO3. The Balaban J connectivity index is 2.60. The van der Waals surface area contributed by atoms with Crippen molar-refractivity contribution < 1.29 is 14.7 Å². The van der Waals surface area contributed by atoms with Crippen LogP contribution in [0.15, 0.2) is 0 Å². The van der Waals surface area contributed by atoms with Crippen LogP contribution in [0.1, 0.15) is 46.5 Å². The predicted molar refractivity (Wildman–Crippen MR) is 61.0 cm³/mol. The van der Waals surface area contributed by atoms with E-state index < -0.39 is 12.0 Å². The summed E-state index contributed by atoms with van der Waals surface area (Å²) in [6.45, 7) is 5.78. The van der Waals surface area contributed by atoms with Crippen molar-refractivity contribution >= 4 is 11.9 Å². The van der Waals surface area contributed by atoms with Crippen LogP contribution in [-0.2, 0) is 9.59 Å². The van der Waals surface area contributed by atoms with Crippen molar-refractivity contribution in [3.8, 4) is 0 Å². The summed E-state index contributed by atoms with van der Waals surface area (Å²) in [5.74, 6) is -1.11. The minimum absolute atomic E-state index is 0.0782. The third kappa shape index (κ3) is 3.51. The number of carbonyl (C=O) groups excluding carboxylic acids is 1. The fraction of sp³-hybridized carbons (Fsp3) is 0.833. The van der Waals surface area contributed by atoms with E-state index in [1.165, 1.54) is 6.92 Å². The van der Waals surface area contributed by atoms with Crippen LogP contribution in [-0.4, -0.2) is 23.0 Å². The average molecular weight is 227 g/mol. The number of nitrogens with one attached hydrogen (secondary N) is 1. The minimum Gasteiger partial charge on any atom is -0.480 e. The average Bonchev–Trinajstić information content (AvgIpc) is 2.14. The Hall–Kier alpha value is -1.06. The van der Waals surface area contributed by atoms with E-state index >= 15 is 0 Å². The van der Waals surface area contributed by atoms with Crippen LogP contribution in [0.2, 0.25) is 0 Å². The molecule has 4 nitrogen and oxygen atoms in total. The number of aliphatic carboxylic acids is 1. The summed E-state index contributed by atoms with van der Waals surface area (Å²) in [6, 6.07) is -0.714. The van der Waals surface area contributed by atoms with Gasteiger partial charge in [0.15, 0.2) is 0 Å². The Morgan fingerprint density at radius 1 is 1.31 bits per heavy atom. The van der Waals surface area contributed by atoms with Gasteiger partial charge in [0.2, 0.25) is 5.91 Å². The summed E-state index contributed by atoms with van der Waals surface area (Å²) in [5.41, 5.74) is 0.315. The quantitative estimate of drug-likeness (QED) is 0.772. The molecule has 1 aliphatic carbocycles. The molecule has 1 fully saturated rings. The van der Waals surface area contributed by atoms with Gasteiger partial charge in [0, 0.05) is 6.92 Å². The molecule has 4 heteroatoms. The first-order chi connectivity index (χ1) is 7.32. The normalized spacial score (nSPS) is 22.4. The van der Waals surface area contributed by atoms with Gasteiger partial charge in [-0.1, -0.05) is 13.8 Å². The van der Waals surface area contributed by atoms with Crippen molar-refractivity contribution in [2.24, 2.45) is 11.3 Å². The molecule has 0 aromatic carbocycles. The zero-order chi connectivity index (χ0) is 12.3. The summed E-state index contributed by atoms with van der Waals surface area (Å²) in [6.07, 6.45) is 3.82. The Labute approximate surface area is 96.4 Å². The smallest absolute Gasteiger partial charge is 0.326 e. The summed E-state index contributed by atoms with van der Waals surface area (Å²) < 4.78 is 0. The molecular weight excluding hydrogens is 206 g/mol. The Kier molecular flexibility index (Phi) is 3.94. The van der Waals surface area contributed by atoms with Crippen molar-refractivity contribution in [1.82, 2.24) is 5.32 Å². The number of carbonyl (C=O) groups is 2. The molecule has 0 aromatic heterocycles. The molecule has 1 rings (SSSR count). The Bertz CT molecular complexity index is 276. The van der Waals surface area contributed by atoms with Crippen LogP contribution >= 0.6 is 0 Å². The van der Waals surface area contributed by atoms with Gasteiger partial charge < -0.3 is 10.4 Å². The Morgan fingerprint density at radius 2 is 1.81 bits per heavy atom. The largest absolute Gasteiger partial charge is 0.480 e. The Morgan fingerprint density at radius 3 is 2.19 bits per heavy atom. The molecule has 0 spiro atoms. The van der Waals surface area contributed by atoms with Crippen molar-refractivity contribution in [3.63, 3.8) is 0 Å². The molecule has 0 heterocycles. The van der Waals surface area contributed by atoms with E-state index in [9.17, 15) is 9.59 Å². The molecule has 0 saturated heterocycles. The van der Waals surface area contributed by atoms with E-state index in [-0.39, 0.29) is 11.8 Å². The van der Waals surface area contributed by atoms with E-state index in [1.54, 1.807) is 0 Å². The number of carboxylic acids is 1. The maximum absolute atomic E-state index is 11.1. The molecule has 92 valence electrons. The third-order valence-electron chi connectivity index (χ3n) is 3.48. The van der Waals surface area contributed by atoms with Crippen LogP contribution in [0.5, 0.6) is 0 Å². The van der Waals surface area contributed by atoms with Crippen molar-refractivity contribution in [3.05, 3.63) is 0 Å². The first-order valence-electron chi connectivity index (χ1n) is 5.82. The van der Waals surface area contributed by atoms with E-state index in [1.807, 2.05) is 0 Å². The van der Waals surface area contributed by atoms with E-state index in [0.29, 0.717) is 5.41 Å². The SMILES string of the molecule is CC(=O)NC(C(=O)O)C1CCC(C)(C)CC1. The van der Waals surface area contributed by atoms with E-state index in [2.05, 4.69) is 19.2 Å². The molecule has 2 N–H and O–H groups in total. The lowest BCUT2D eigenvalue weighted by Crippen LogP contribution is -2.46. The molecule has 1 aliphatic rings. The van der Waals surface area contributed by atoms with Gasteiger partial charge in [-0.05, 0) is 37.0 Å². The molecule has 0 bridgehead atoms. The van der Waals surface area contributed by atoms with Gasteiger partial charge in [-0.25, -0.2) is 4.79 Å². The lowest BCUT2D eigenvalue weighted by Gasteiger charge is -2.36. The maximum Gasteiger partial charge on any atom is 0.326 e. The van der Waals surface area contributed by atoms with E-state index in [0.717, 1.165) is 25.7 Å². The lowest BCUT2D eigenvalue weighted by atomic mass is 9.71. The van der Waals surface area contributed by atoms with Gasteiger partial charge in [-0.3, -0.25) is 4.79 Å². The zero-order valence-electron chi connectivity index (χ0n) is 10.2. The first kappa shape index (κ1) is 13.0. The van der Waals surface area contributed by atoms with E-state index in [4.69, 9.17) is 5.11 Å². The number of carboxylic acid groups (broad SMARTS) is 1.